The molecule has 19 heavy (non-hydrogen) atoms. The van der Waals surface area contributed by atoms with Crippen LogP contribution in [0.2, 0.25) is 0 Å². The van der Waals surface area contributed by atoms with E-state index in [9.17, 15) is 8.42 Å². The van der Waals surface area contributed by atoms with Gasteiger partial charge in [-0.05, 0) is 24.8 Å². The number of rotatable bonds is 5. The van der Waals surface area contributed by atoms with Crippen LogP contribution in [0.25, 0.3) is 0 Å². The van der Waals surface area contributed by atoms with Crippen molar-refractivity contribution in [2.75, 3.05) is 20.2 Å². The van der Waals surface area contributed by atoms with Crippen LogP contribution in [0.1, 0.15) is 24.4 Å². The van der Waals surface area contributed by atoms with Crippen molar-refractivity contribution in [1.82, 2.24) is 9.79 Å². The SMILES string of the molecule is CN1OCC(S(=O)(=O)NCC2CC2)C1c1ccoc1. The fraction of sp³-hybridized carbons (Fsp3) is 0.667. The molecule has 1 N–H and O–H groups in total. The molecule has 2 fully saturated rings. The minimum Gasteiger partial charge on any atom is -0.472 e. The van der Waals surface area contributed by atoms with E-state index in [4.69, 9.17) is 9.25 Å². The molecular formula is C12H18N2O4S. The molecule has 0 amide bonds. The van der Waals surface area contributed by atoms with Gasteiger partial charge in [0.05, 0.1) is 25.2 Å². The van der Waals surface area contributed by atoms with Crippen LogP contribution < -0.4 is 4.72 Å². The van der Waals surface area contributed by atoms with E-state index in [1.165, 1.54) is 0 Å². The van der Waals surface area contributed by atoms with Gasteiger partial charge in [0.2, 0.25) is 10.0 Å². The number of nitrogens with one attached hydrogen (secondary N) is 1. The third kappa shape index (κ3) is 2.69. The third-order valence-electron chi connectivity index (χ3n) is 3.74. The Hall–Kier alpha value is -0.890. The van der Waals surface area contributed by atoms with Gasteiger partial charge in [-0.1, -0.05) is 0 Å². The Kier molecular flexibility index (Phi) is 3.38. The Morgan fingerprint density at radius 2 is 2.26 bits per heavy atom. The van der Waals surface area contributed by atoms with Crippen molar-refractivity contribution in [2.45, 2.75) is 24.1 Å². The zero-order valence-corrected chi connectivity index (χ0v) is 11.6. The first-order valence-corrected chi connectivity index (χ1v) is 7.99. The summed E-state index contributed by atoms with van der Waals surface area (Å²) in [5.41, 5.74) is 0.821. The van der Waals surface area contributed by atoms with Crippen LogP contribution >= 0.6 is 0 Å². The topological polar surface area (TPSA) is 71.8 Å². The maximum Gasteiger partial charge on any atom is 0.218 e. The molecule has 1 aromatic rings. The first kappa shape index (κ1) is 13.1. The monoisotopic (exact) mass is 286 g/mol. The molecule has 1 saturated carbocycles. The Morgan fingerprint density at radius 3 is 2.89 bits per heavy atom. The molecule has 2 heterocycles. The Balaban J connectivity index is 1.77. The van der Waals surface area contributed by atoms with Crippen LogP contribution in [0.3, 0.4) is 0 Å². The molecule has 0 aromatic carbocycles. The quantitative estimate of drug-likeness (QED) is 0.870. The second-order valence-corrected chi connectivity index (χ2v) is 7.20. The maximum atomic E-state index is 12.4. The number of hydroxylamine groups is 2. The fourth-order valence-corrected chi connectivity index (χ4v) is 3.98. The van der Waals surface area contributed by atoms with Gasteiger partial charge >= 0.3 is 0 Å². The Morgan fingerprint density at radius 1 is 1.47 bits per heavy atom. The largest absolute Gasteiger partial charge is 0.472 e. The first-order chi connectivity index (χ1) is 9.08. The van der Waals surface area contributed by atoms with Gasteiger partial charge in [0, 0.05) is 19.2 Å². The molecule has 2 atom stereocenters. The van der Waals surface area contributed by atoms with Crippen molar-refractivity contribution < 1.29 is 17.7 Å². The van der Waals surface area contributed by atoms with Crippen LogP contribution in [0.15, 0.2) is 23.0 Å². The van der Waals surface area contributed by atoms with Crippen molar-refractivity contribution in [1.29, 1.82) is 0 Å². The molecule has 106 valence electrons. The van der Waals surface area contributed by atoms with Crippen molar-refractivity contribution in [3.63, 3.8) is 0 Å². The highest BCUT2D eigenvalue weighted by atomic mass is 32.2. The van der Waals surface area contributed by atoms with E-state index in [1.807, 2.05) is 0 Å². The lowest BCUT2D eigenvalue weighted by atomic mass is 10.1. The summed E-state index contributed by atoms with van der Waals surface area (Å²) in [7, 11) is -1.64. The molecule has 1 aliphatic heterocycles. The molecule has 1 aliphatic carbocycles. The zero-order valence-electron chi connectivity index (χ0n) is 10.8. The number of nitrogens with zero attached hydrogens (tertiary/aromatic N) is 1. The molecule has 7 heteroatoms. The van der Waals surface area contributed by atoms with E-state index in [0.29, 0.717) is 12.5 Å². The highest BCUT2D eigenvalue weighted by Gasteiger charge is 2.43. The summed E-state index contributed by atoms with van der Waals surface area (Å²) in [6.07, 6.45) is 5.35. The first-order valence-electron chi connectivity index (χ1n) is 6.44. The van der Waals surface area contributed by atoms with Gasteiger partial charge in [-0.2, -0.15) is 5.06 Å². The van der Waals surface area contributed by atoms with Crippen LogP contribution in [-0.4, -0.2) is 38.9 Å². The second-order valence-electron chi connectivity index (χ2n) is 5.22. The molecule has 0 radical (unpaired) electrons. The molecule has 1 saturated heterocycles. The number of furan rings is 1. The molecule has 3 rings (SSSR count). The summed E-state index contributed by atoms with van der Waals surface area (Å²) in [6.45, 7) is 0.715. The van der Waals surface area contributed by atoms with E-state index >= 15 is 0 Å². The van der Waals surface area contributed by atoms with Crippen LogP contribution in [0.5, 0.6) is 0 Å². The average Bonchev–Trinajstić information content (AvgIpc) is 2.87. The van der Waals surface area contributed by atoms with Crippen molar-refractivity contribution in [3.05, 3.63) is 24.2 Å². The van der Waals surface area contributed by atoms with E-state index < -0.39 is 15.3 Å². The third-order valence-corrected chi connectivity index (χ3v) is 5.50. The van der Waals surface area contributed by atoms with Crippen LogP contribution in [-0.2, 0) is 14.9 Å². The summed E-state index contributed by atoms with van der Waals surface area (Å²) in [5.74, 6) is 0.516. The predicted octanol–water partition coefficient (Wildman–Crippen LogP) is 0.896. The van der Waals surface area contributed by atoms with E-state index in [-0.39, 0.29) is 12.6 Å². The van der Waals surface area contributed by atoms with Gasteiger partial charge in [0.1, 0.15) is 5.25 Å². The van der Waals surface area contributed by atoms with E-state index in [0.717, 1.165) is 18.4 Å². The standard InChI is InChI=1S/C12H18N2O4S/c1-14-12(10-4-5-17-7-10)11(8-18-14)19(15,16)13-6-9-2-3-9/h4-5,7,9,11-13H,2-3,6,8H2,1H3. The summed E-state index contributed by atoms with van der Waals surface area (Å²) < 4.78 is 32.5. The normalized spacial score (nSPS) is 28.9. The molecule has 1 aromatic heterocycles. The molecule has 0 bridgehead atoms. The summed E-state index contributed by atoms with van der Waals surface area (Å²) in [5, 5.41) is 0.986. The lowest BCUT2D eigenvalue weighted by Gasteiger charge is -2.21. The number of sulfonamides is 1. The Labute approximate surface area is 112 Å². The lowest BCUT2D eigenvalue weighted by Crippen LogP contribution is -2.40. The van der Waals surface area contributed by atoms with Gasteiger partial charge < -0.3 is 4.42 Å². The molecule has 2 aliphatic rings. The van der Waals surface area contributed by atoms with Crippen molar-refractivity contribution in [3.8, 4) is 0 Å². The van der Waals surface area contributed by atoms with Gasteiger partial charge in [-0.3, -0.25) is 4.84 Å². The number of hydrogen-bond donors (Lipinski definition) is 1. The minimum atomic E-state index is -3.38. The minimum absolute atomic E-state index is 0.173. The van der Waals surface area contributed by atoms with Gasteiger partial charge in [-0.25, -0.2) is 13.1 Å². The van der Waals surface area contributed by atoms with Gasteiger partial charge in [0.15, 0.2) is 0 Å². The average molecular weight is 286 g/mol. The molecule has 2 unspecified atom stereocenters. The second kappa shape index (κ2) is 4.90. The van der Waals surface area contributed by atoms with Gasteiger partial charge in [0.25, 0.3) is 0 Å². The predicted molar refractivity (Wildman–Crippen MR) is 68.6 cm³/mol. The van der Waals surface area contributed by atoms with E-state index in [2.05, 4.69) is 4.72 Å². The van der Waals surface area contributed by atoms with Crippen LogP contribution in [0, 0.1) is 5.92 Å². The summed E-state index contributed by atoms with van der Waals surface area (Å²) in [6, 6.07) is 1.45. The molecule has 6 nitrogen and oxygen atoms in total. The Bertz CT molecular complexity index is 524. The summed E-state index contributed by atoms with van der Waals surface area (Å²) in [4.78, 5) is 5.38. The van der Waals surface area contributed by atoms with Gasteiger partial charge in [-0.15, -0.1) is 0 Å². The highest BCUT2D eigenvalue weighted by Crippen LogP contribution is 2.34. The molecule has 0 spiro atoms. The highest BCUT2D eigenvalue weighted by molar-refractivity contribution is 7.90. The summed E-state index contributed by atoms with van der Waals surface area (Å²) >= 11 is 0. The lowest BCUT2D eigenvalue weighted by molar-refractivity contribution is -0.110. The maximum absolute atomic E-state index is 12.4. The van der Waals surface area contributed by atoms with E-state index in [1.54, 1.807) is 30.7 Å². The fourth-order valence-electron chi connectivity index (χ4n) is 2.39. The van der Waals surface area contributed by atoms with Crippen molar-refractivity contribution in [2.24, 2.45) is 5.92 Å². The zero-order chi connectivity index (χ0) is 13.5. The number of hydrogen-bond acceptors (Lipinski definition) is 5. The van der Waals surface area contributed by atoms with Crippen molar-refractivity contribution >= 4 is 10.0 Å². The molecular weight excluding hydrogens is 268 g/mol. The smallest absolute Gasteiger partial charge is 0.218 e. The van der Waals surface area contributed by atoms with Crippen LogP contribution in [0.4, 0.5) is 0 Å².